The Morgan fingerprint density at radius 2 is 1.84 bits per heavy atom. The molecule has 9 heteroatoms. The van der Waals surface area contributed by atoms with E-state index in [2.05, 4.69) is 15.4 Å². The lowest BCUT2D eigenvalue weighted by Gasteiger charge is -2.21. The molecule has 2 amide bonds. The van der Waals surface area contributed by atoms with E-state index in [-0.39, 0.29) is 18.4 Å². The first kappa shape index (κ1) is 23.1. The van der Waals surface area contributed by atoms with Gasteiger partial charge in [0.1, 0.15) is 5.82 Å². The van der Waals surface area contributed by atoms with Gasteiger partial charge in [0, 0.05) is 24.2 Å². The molecule has 0 saturated carbocycles. The fourth-order valence-corrected chi connectivity index (χ4v) is 3.44. The third kappa shape index (κ3) is 5.17. The highest BCUT2D eigenvalue weighted by molar-refractivity contribution is 5.97. The Hall–Kier alpha value is -3.59. The second-order valence-corrected chi connectivity index (χ2v) is 7.33. The van der Waals surface area contributed by atoms with E-state index < -0.39 is 0 Å². The number of methoxy groups -OCH3 is 1. The summed E-state index contributed by atoms with van der Waals surface area (Å²) >= 11 is 0. The summed E-state index contributed by atoms with van der Waals surface area (Å²) < 4.78 is 11.2. The Kier molecular flexibility index (Phi) is 7.67. The minimum atomic E-state index is -0.378. The summed E-state index contributed by atoms with van der Waals surface area (Å²) in [6, 6.07) is 10.5. The zero-order valence-corrected chi connectivity index (χ0v) is 18.6. The van der Waals surface area contributed by atoms with Crippen molar-refractivity contribution in [2.75, 3.05) is 26.8 Å². The van der Waals surface area contributed by atoms with Crippen LogP contribution in [0, 0.1) is 0 Å². The zero-order valence-electron chi connectivity index (χ0n) is 18.6. The van der Waals surface area contributed by atoms with Gasteiger partial charge < -0.3 is 19.4 Å². The van der Waals surface area contributed by atoms with Crippen LogP contribution in [0.4, 0.5) is 0 Å². The minimum Gasteiger partial charge on any atom is -0.493 e. The molecule has 1 aromatic heterocycles. The van der Waals surface area contributed by atoms with Crippen LogP contribution < -0.4 is 20.7 Å². The molecule has 0 spiro atoms. The van der Waals surface area contributed by atoms with Crippen LogP contribution in [0.25, 0.3) is 22.4 Å². The molecule has 2 aromatic carbocycles. The van der Waals surface area contributed by atoms with E-state index in [1.807, 2.05) is 24.8 Å². The summed E-state index contributed by atoms with van der Waals surface area (Å²) in [6.07, 6.45) is 1.80. The lowest BCUT2D eigenvalue weighted by atomic mass is 10.2. The number of rotatable bonds is 10. The van der Waals surface area contributed by atoms with Crippen molar-refractivity contribution >= 4 is 22.8 Å². The van der Waals surface area contributed by atoms with Crippen molar-refractivity contribution in [3.8, 4) is 22.9 Å². The van der Waals surface area contributed by atoms with Gasteiger partial charge in [-0.3, -0.25) is 15.0 Å². The molecule has 0 saturated heterocycles. The maximum absolute atomic E-state index is 12.5. The standard InChI is InChI=1S/C23H29N5O4/c1-4-10-28(11-5-2)21(29)14-32-19-9-7-15(13-20(19)31-3)22-25-17-8-6-16(23(30)27-24)12-18(17)26-22/h6-9,12-13H,4-5,10-11,14,24H2,1-3H3,(H,25,26)(H,27,30). The van der Waals surface area contributed by atoms with Crippen LogP contribution >= 0.6 is 0 Å². The quantitative estimate of drug-likeness (QED) is 0.254. The number of aromatic nitrogens is 2. The van der Waals surface area contributed by atoms with Crippen LogP contribution in [-0.2, 0) is 4.79 Å². The van der Waals surface area contributed by atoms with Crippen LogP contribution in [0.1, 0.15) is 37.0 Å². The number of hydrogen-bond acceptors (Lipinski definition) is 6. The molecule has 0 atom stereocenters. The van der Waals surface area contributed by atoms with Gasteiger partial charge in [-0.05, 0) is 49.2 Å². The highest BCUT2D eigenvalue weighted by Gasteiger charge is 2.16. The molecule has 170 valence electrons. The van der Waals surface area contributed by atoms with Crippen molar-refractivity contribution in [2.45, 2.75) is 26.7 Å². The largest absolute Gasteiger partial charge is 0.493 e. The van der Waals surface area contributed by atoms with Gasteiger partial charge in [-0.1, -0.05) is 13.8 Å². The maximum Gasteiger partial charge on any atom is 0.265 e. The summed E-state index contributed by atoms with van der Waals surface area (Å²) in [5.74, 6) is 6.37. The number of imidazole rings is 1. The van der Waals surface area contributed by atoms with Crippen molar-refractivity contribution in [1.82, 2.24) is 20.3 Å². The van der Waals surface area contributed by atoms with E-state index in [1.165, 1.54) is 0 Å². The van der Waals surface area contributed by atoms with Crippen molar-refractivity contribution in [2.24, 2.45) is 5.84 Å². The number of H-pyrrole nitrogens is 1. The van der Waals surface area contributed by atoms with E-state index in [0.717, 1.165) is 18.4 Å². The lowest BCUT2D eigenvalue weighted by molar-refractivity contribution is -0.133. The number of hydrazine groups is 1. The molecule has 3 aromatic rings. The van der Waals surface area contributed by atoms with Gasteiger partial charge in [0.2, 0.25) is 0 Å². The fraction of sp³-hybridized carbons (Fsp3) is 0.348. The first-order valence-corrected chi connectivity index (χ1v) is 10.6. The second-order valence-electron chi connectivity index (χ2n) is 7.33. The van der Waals surface area contributed by atoms with Gasteiger partial charge in [0.05, 0.1) is 18.1 Å². The highest BCUT2D eigenvalue weighted by Crippen LogP contribution is 2.32. The Morgan fingerprint density at radius 3 is 2.50 bits per heavy atom. The number of carbonyl (C=O) groups excluding carboxylic acids is 2. The number of aromatic amines is 1. The predicted molar refractivity (Wildman–Crippen MR) is 122 cm³/mol. The molecule has 0 fully saturated rings. The monoisotopic (exact) mass is 439 g/mol. The Balaban J connectivity index is 1.79. The van der Waals surface area contributed by atoms with Crippen molar-refractivity contribution in [3.63, 3.8) is 0 Å². The second kappa shape index (κ2) is 10.6. The van der Waals surface area contributed by atoms with Gasteiger partial charge in [0.15, 0.2) is 18.1 Å². The van der Waals surface area contributed by atoms with E-state index in [4.69, 9.17) is 15.3 Å². The van der Waals surface area contributed by atoms with E-state index >= 15 is 0 Å². The highest BCUT2D eigenvalue weighted by atomic mass is 16.5. The third-order valence-corrected chi connectivity index (χ3v) is 5.00. The molecule has 0 radical (unpaired) electrons. The zero-order chi connectivity index (χ0) is 23.1. The number of benzene rings is 2. The Bertz CT molecular complexity index is 1090. The molecular weight excluding hydrogens is 410 g/mol. The van der Waals surface area contributed by atoms with Crippen LogP contribution in [0.3, 0.4) is 0 Å². The Labute approximate surface area is 186 Å². The predicted octanol–water partition coefficient (Wildman–Crippen LogP) is 2.87. The van der Waals surface area contributed by atoms with Crippen LogP contribution in [0.2, 0.25) is 0 Å². The normalized spacial score (nSPS) is 10.8. The molecule has 0 bridgehead atoms. The van der Waals surface area contributed by atoms with Gasteiger partial charge in [-0.15, -0.1) is 0 Å². The molecule has 9 nitrogen and oxygen atoms in total. The third-order valence-electron chi connectivity index (χ3n) is 5.00. The number of carbonyl (C=O) groups is 2. The molecule has 32 heavy (non-hydrogen) atoms. The lowest BCUT2D eigenvalue weighted by Crippen LogP contribution is -2.36. The number of hydrogen-bond donors (Lipinski definition) is 3. The minimum absolute atomic E-state index is 0.0468. The molecule has 0 aliphatic carbocycles. The molecule has 0 aliphatic heterocycles. The summed E-state index contributed by atoms with van der Waals surface area (Å²) in [5.41, 5.74) is 4.75. The van der Waals surface area contributed by atoms with Gasteiger partial charge >= 0.3 is 0 Å². The number of nitrogens with one attached hydrogen (secondary N) is 2. The molecule has 0 aliphatic rings. The number of nitrogens with two attached hydrogens (primary N) is 1. The molecule has 4 N–H and O–H groups in total. The first-order valence-electron chi connectivity index (χ1n) is 10.6. The van der Waals surface area contributed by atoms with Gasteiger partial charge in [0.25, 0.3) is 11.8 Å². The van der Waals surface area contributed by atoms with Crippen molar-refractivity contribution in [1.29, 1.82) is 0 Å². The van der Waals surface area contributed by atoms with Gasteiger partial charge in [-0.25, -0.2) is 10.8 Å². The smallest absolute Gasteiger partial charge is 0.265 e. The van der Waals surface area contributed by atoms with E-state index in [9.17, 15) is 9.59 Å². The number of nitrogens with zero attached hydrogens (tertiary/aromatic N) is 2. The maximum atomic E-state index is 12.5. The van der Waals surface area contributed by atoms with Gasteiger partial charge in [-0.2, -0.15) is 0 Å². The SMILES string of the molecule is CCCN(CCC)C(=O)COc1ccc(-c2nc3ccc(C(=O)NN)cc3[nH]2)cc1OC. The first-order chi connectivity index (χ1) is 15.5. The molecular formula is C23H29N5O4. The Morgan fingerprint density at radius 1 is 1.09 bits per heavy atom. The van der Waals surface area contributed by atoms with Crippen LogP contribution in [0.5, 0.6) is 11.5 Å². The topological polar surface area (TPSA) is 123 Å². The summed E-state index contributed by atoms with van der Waals surface area (Å²) in [6.45, 7) is 5.47. The summed E-state index contributed by atoms with van der Waals surface area (Å²) in [7, 11) is 1.55. The molecule has 1 heterocycles. The summed E-state index contributed by atoms with van der Waals surface area (Å²) in [5, 5.41) is 0. The summed E-state index contributed by atoms with van der Waals surface area (Å²) in [4.78, 5) is 33.8. The molecule has 3 rings (SSSR count). The number of nitrogen functional groups attached to an aromatic ring is 1. The van der Waals surface area contributed by atoms with Crippen molar-refractivity contribution < 1.29 is 19.1 Å². The average molecular weight is 440 g/mol. The fourth-order valence-electron chi connectivity index (χ4n) is 3.44. The number of ether oxygens (including phenoxy) is 2. The van der Waals surface area contributed by atoms with E-state index in [0.29, 0.717) is 47.0 Å². The number of fused-ring (bicyclic) bond motifs is 1. The number of amides is 2. The van der Waals surface area contributed by atoms with E-state index in [1.54, 1.807) is 37.4 Å². The molecule has 0 unspecified atom stereocenters. The van der Waals surface area contributed by atoms with Crippen LogP contribution in [-0.4, -0.2) is 53.5 Å². The average Bonchev–Trinajstić information content (AvgIpc) is 3.25. The van der Waals surface area contributed by atoms with Crippen LogP contribution in [0.15, 0.2) is 36.4 Å². The van der Waals surface area contributed by atoms with Crippen molar-refractivity contribution in [3.05, 3.63) is 42.0 Å².